The summed E-state index contributed by atoms with van der Waals surface area (Å²) in [5, 5.41) is 0. The smallest absolute Gasteiger partial charge is 0.0352 e. The third kappa shape index (κ3) is 4.07. The molecule has 0 saturated carbocycles. The Morgan fingerprint density at radius 1 is 0.739 bits per heavy atom. The van der Waals surface area contributed by atoms with E-state index in [4.69, 9.17) is 11.5 Å². The van der Waals surface area contributed by atoms with E-state index in [1.54, 1.807) is 0 Å². The van der Waals surface area contributed by atoms with Gasteiger partial charge in [0.2, 0.25) is 0 Å². The summed E-state index contributed by atoms with van der Waals surface area (Å²) >= 11 is 0. The number of nitrogens with two attached hydrogens (primary N) is 2. The lowest BCUT2D eigenvalue weighted by Crippen LogP contribution is -2.02. The minimum absolute atomic E-state index is 0.547. The van der Waals surface area contributed by atoms with Crippen molar-refractivity contribution < 1.29 is 0 Å². The molecule has 2 heteroatoms. The van der Waals surface area contributed by atoms with Crippen LogP contribution in [0.2, 0.25) is 0 Å². The average Bonchev–Trinajstić information content (AvgIpc) is 2.56. The average molecular weight is 310 g/mol. The normalized spacial score (nSPS) is 13.7. The molecule has 0 heterocycles. The SMILES string of the molecule is CCC(C)c1ccc(Cc2ccc(C(C)CC)cc2N)c(N)c1. The van der Waals surface area contributed by atoms with Crippen LogP contribution in [-0.4, -0.2) is 0 Å². The molecule has 0 aliphatic heterocycles. The highest BCUT2D eigenvalue weighted by Gasteiger charge is 2.10. The zero-order valence-corrected chi connectivity index (χ0v) is 14.9. The van der Waals surface area contributed by atoms with Crippen LogP contribution in [0, 0.1) is 0 Å². The lowest BCUT2D eigenvalue weighted by atomic mass is 9.92. The summed E-state index contributed by atoms with van der Waals surface area (Å²) in [4.78, 5) is 0. The van der Waals surface area contributed by atoms with E-state index in [1.165, 1.54) is 11.1 Å². The second-order valence-corrected chi connectivity index (χ2v) is 6.71. The van der Waals surface area contributed by atoms with Gasteiger partial charge >= 0.3 is 0 Å². The van der Waals surface area contributed by atoms with Gasteiger partial charge in [-0.2, -0.15) is 0 Å². The van der Waals surface area contributed by atoms with Gasteiger partial charge in [-0.25, -0.2) is 0 Å². The molecule has 0 fully saturated rings. The molecule has 2 unspecified atom stereocenters. The Labute approximate surface area is 140 Å². The van der Waals surface area contributed by atoms with Gasteiger partial charge in [0.05, 0.1) is 0 Å². The highest BCUT2D eigenvalue weighted by molar-refractivity contribution is 5.56. The third-order valence-electron chi connectivity index (χ3n) is 5.08. The van der Waals surface area contributed by atoms with E-state index in [-0.39, 0.29) is 0 Å². The molecule has 0 spiro atoms. The number of anilines is 2. The van der Waals surface area contributed by atoms with Gasteiger partial charge in [-0.1, -0.05) is 52.0 Å². The van der Waals surface area contributed by atoms with Gasteiger partial charge in [-0.3, -0.25) is 0 Å². The molecule has 0 amide bonds. The lowest BCUT2D eigenvalue weighted by molar-refractivity contribution is 0.733. The first kappa shape index (κ1) is 17.4. The maximum absolute atomic E-state index is 6.27. The summed E-state index contributed by atoms with van der Waals surface area (Å²) < 4.78 is 0. The molecule has 0 aromatic heterocycles. The summed E-state index contributed by atoms with van der Waals surface area (Å²) in [6.45, 7) is 8.88. The van der Waals surface area contributed by atoms with Crippen LogP contribution in [0.4, 0.5) is 11.4 Å². The lowest BCUT2D eigenvalue weighted by Gasteiger charge is -2.15. The summed E-state index contributed by atoms with van der Waals surface area (Å²) in [5.41, 5.74) is 19.2. The minimum Gasteiger partial charge on any atom is -0.398 e. The number of benzene rings is 2. The van der Waals surface area contributed by atoms with Gasteiger partial charge in [0.1, 0.15) is 0 Å². The Morgan fingerprint density at radius 2 is 1.13 bits per heavy atom. The van der Waals surface area contributed by atoms with Crippen LogP contribution in [-0.2, 0) is 6.42 Å². The number of nitrogen functional groups attached to an aromatic ring is 2. The van der Waals surface area contributed by atoms with E-state index in [1.807, 2.05) is 0 Å². The van der Waals surface area contributed by atoms with Crippen LogP contribution < -0.4 is 11.5 Å². The van der Waals surface area contributed by atoms with Crippen molar-refractivity contribution >= 4 is 11.4 Å². The number of hydrogen-bond donors (Lipinski definition) is 2. The van der Waals surface area contributed by atoms with Gasteiger partial charge in [0.15, 0.2) is 0 Å². The standard InChI is InChI=1S/C21H30N2/c1-5-14(3)16-7-9-18(20(22)12-16)11-19-10-8-17(13-21(19)23)15(4)6-2/h7-10,12-15H,5-6,11,22-23H2,1-4H3. The summed E-state index contributed by atoms with van der Waals surface area (Å²) in [6.07, 6.45) is 3.05. The zero-order chi connectivity index (χ0) is 17.0. The van der Waals surface area contributed by atoms with E-state index in [0.29, 0.717) is 11.8 Å². The summed E-state index contributed by atoms with van der Waals surface area (Å²) in [7, 11) is 0. The van der Waals surface area contributed by atoms with Crippen molar-refractivity contribution in [3.63, 3.8) is 0 Å². The van der Waals surface area contributed by atoms with E-state index >= 15 is 0 Å². The fraction of sp³-hybridized carbons (Fsp3) is 0.429. The van der Waals surface area contributed by atoms with Crippen LogP contribution in [0.15, 0.2) is 36.4 Å². The van der Waals surface area contributed by atoms with Crippen LogP contribution in [0.5, 0.6) is 0 Å². The van der Waals surface area contributed by atoms with E-state index in [0.717, 1.165) is 41.8 Å². The monoisotopic (exact) mass is 310 g/mol. The topological polar surface area (TPSA) is 52.0 Å². The first-order valence-corrected chi connectivity index (χ1v) is 8.72. The molecule has 2 atom stereocenters. The van der Waals surface area contributed by atoms with Crippen molar-refractivity contribution in [3.8, 4) is 0 Å². The van der Waals surface area contributed by atoms with Crippen LogP contribution in [0.3, 0.4) is 0 Å². The largest absolute Gasteiger partial charge is 0.398 e. The third-order valence-corrected chi connectivity index (χ3v) is 5.08. The quantitative estimate of drug-likeness (QED) is 0.695. The summed E-state index contributed by atoms with van der Waals surface area (Å²) in [5.74, 6) is 1.09. The van der Waals surface area contributed by atoms with Crippen molar-refractivity contribution in [2.45, 2.75) is 58.8 Å². The Hall–Kier alpha value is -1.96. The maximum atomic E-state index is 6.27. The van der Waals surface area contributed by atoms with Gasteiger partial charge in [-0.15, -0.1) is 0 Å². The minimum atomic E-state index is 0.547. The maximum Gasteiger partial charge on any atom is 0.0352 e. The first-order chi connectivity index (χ1) is 11.0. The molecular weight excluding hydrogens is 280 g/mol. The van der Waals surface area contributed by atoms with Gasteiger partial charge in [0, 0.05) is 17.8 Å². The summed E-state index contributed by atoms with van der Waals surface area (Å²) in [6, 6.07) is 12.9. The Balaban J connectivity index is 2.22. The van der Waals surface area contributed by atoms with Crippen LogP contribution in [0.1, 0.15) is 74.6 Å². The predicted octanol–water partition coefficient (Wildman–Crippen LogP) is 5.47. The molecule has 0 saturated heterocycles. The molecular formula is C21H30N2. The molecule has 0 aliphatic rings. The predicted molar refractivity (Wildman–Crippen MR) is 102 cm³/mol. The van der Waals surface area contributed by atoms with E-state index in [2.05, 4.69) is 64.1 Å². The highest BCUT2D eigenvalue weighted by atomic mass is 14.6. The van der Waals surface area contributed by atoms with E-state index < -0.39 is 0 Å². The first-order valence-electron chi connectivity index (χ1n) is 8.72. The number of hydrogen-bond acceptors (Lipinski definition) is 2. The number of rotatable bonds is 6. The second-order valence-electron chi connectivity index (χ2n) is 6.71. The van der Waals surface area contributed by atoms with Gasteiger partial charge in [-0.05, 0) is 59.1 Å². The van der Waals surface area contributed by atoms with Gasteiger partial charge < -0.3 is 11.5 Å². The molecule has 2 aromatic carbocycles. The van der Waals surface area contributed by atoms with Crippen LogP contribution >= 0.6 is 0 Å². The second kappa shape index (κ2) is 7.54. The van der Waals surface area contributed by atoms with Crippen molar-refractivity contribution in [2.24, 2.45) is 0 Å². The molecule has 4 N–H and O–H groups in total. The molecule has 124 valence electrons. The van der Waals surface area contributed by atoms with Crippen molar-refractivity contribution in [1.29, 1.82) is 0 Å². The highest BCUT2D eigenvalue weighted by Crippen LogP contribution is 2.28. The van der Waals surface area contributed by atoms with Crippen molar-refractivity contribution in [1.82, 2.24) is 0 Å². The van der Waals surface area contributed by atoms with Crippen molar-refractivity contribution in [3.05, 3.63) is 58.7 Å². The zero-order valence-electron chi connectivity index (χ0n) is 14.9. The molecule has 0 aliphatic carbocycles. The van der Waals surface area contributed by atoms with Crippen LogP contribution in [0.25, 0.3) is 0 Å². The molecule has 2 rings (SSSR count). The Kier molecular flexibility index (Phi) is 5.70. The fourth-order valence-corrected chi connectivity index (χ4v) is 2.84. The Morgan fingerprint density at radius 3 is 1.43 bits per heavy atom. The Bertz CT molecular complexity index is 603. The molecule has 2 aromatic rings. The van der Waals surface area contributed by atoms with Gasteiger partial charge in [0.25, 0.3) is 0 Å². The molecule has 0 radical (unpaired) electrons. The van der Waals surface area contributed by atoms with E-state index in [9.17, 15) is 0 Å². The van der Waals surface area contributed by atoms with Crippen molar-refractivity contribution in [2.75, 3.05) is 11.5 Å². The molecule has 23 heavy (non-hydrogen) atoms. The fourth-order valence-electron chi connectivity index (χ4n) is 2.84. The molecule has 2 nitrogen and oxygen atoms in total. The molecule has 0 bridgehead atoms.